The third kappa shape index (κ3) is 3.67. The number of aryl methyl sites for hydroxylation is 1. The summed E-state index contributed by atoms with van der Waals surface area (Å²) >= 11 is 0. The standard InChI is InChI=1S/C15H25N3O2/c1-11(2)13-9-12(3)16-14(17-13)18(4)10-15(19)5-7-20-8-6-15/h9,11,19H,5-8,10H2,1-4H3. The van der Waals surface area contributed by atoms with Crippen LogP contribution in [-0.4, -0.2) is 47.5 Å². The third-order valence-corrected chi connectivity index (χ3v) is 3.75. The van der Waals surface area contributed by atoms with E-state index in [2.05, 4.69) is 23.8 Å². The third-order valence-electron chi connectivity index (χ3n) is 3.75. The first-order valence-electron chi connectivity index (χ1n) is 7.26. The van der Waals surface area contributed by atoms with E-state index < -0.39 is 5.60 Å². The van der Waals surface area contributed by atoms with Gasteiger partial charge in [0, 0.05) is 51.0 Å². The van der Waals surface area contributed by atoms with Crippen molar-refractivity contribution in [3.05, 3.63) is 17.5 Å². The molecule has 1 aliphatic rings. The number of nitrogens with zero attached hydrogens (tertiary/aromatic N) is 3. The highest BCUT2D eigenvalue weighted by Crippen LogP contribution is 2.23. The minimum Gasteiger partial charge on any atom is -0.388 e. The predicted octanol–water partition coefficient (Wildman–Crippen LogP) is 1.89. The second-order valence-electron chi connectivity index (χ2n) is 6.08. The first-order chi connectivity index (χ1) is 9.39. The van der Waals surface area contributed by atoms with Gasteiger partial charge in [0.2, 0.25) is 5.95 Å². The number of aliphatic hydroxyl groups is 1. The Balaban J connectivity index is 2.14. The molecule has 0 radical (unpaired) electrons. The molecule has 2 rings (SSSR count). The molecular formula is C15H25N3O2. The fraction of sp³-hybridized carbons (Fsp3) is 0.733. The van der Waals surface area contributed by atoms with Crippen molar-refractivity contribution >= 4 is 5.95 Å². The maximum absolute atomic E-state index is 10.6. The minimum atomic E-state index is -0.696. The summed E-state index contributed by atoms with van der Waals surface area (Å²) in [6, 6.07) is 2.02. The molecular weight excluding hydrogens is 254 g/mol. The van der Waals surface area contributed by atoms with Gasteiger partial charge < -0.3 is 14.7 Å². The molecule has 0 unspecified atom stereocenters. The van der Waals surface area contributed by atoms with Crippen molar-refractivity contribution in [2.24, 2.45) is 0 Å². The molecule has 0 atom stereocenters. The topological polar surface area (TPSA) is 58.5 Å². The summed E-state index contributed by atoms with van der Waals surface area (Å²) in [7, 11) is 1.94. The van der Waals surface area contributed by atoms with Crippen LogP contribution in [0.4, 0.5) is 5.95 Å². The highest BCUT2D eigenvalue weighted by atomic mass is 16.5. The lowest BCUT2D eigenvalue weighted by Crippen LogP contribution is -2.46. The quantitative estimate of drug-likeness (QED) is 0.912. The average molecular weight is 279 g/mol. The summed E-state index contributed by atoms with van der Waals surface area (Å²) in [6.07, 6.45) is 1.33. The van der Waals surface area contributed by atoms with Crippen LogP contribution < -0.4 is 4.90 Å². The number of hydrogen-bond acceptors (Lipinski definition) is 5. The smallest absolute Gasteiger partial charge is 0.225 e. The number of likely N-dealkylation sites (N-methyl/N-ethyl adjacent to an activating group) is 1. The average Bonchev–Trinajstić information content (AvgIpc) is 2.38. The van der Waals surface area contributed by atoms with Gasteiger partial charge in [-0.15, -0.1) is 0 Å². The molecule has 1 fully saturated rings. The highest BCUT2D eigenvalue weighted by molar-refractivity contribution is 5.32. The largest absolute Gasteiger partial charge is 0.388 e. The van der Waals surface area contributed by atoms with Crippen LogP contribution in [0.15, 0.2) is 6.07 Å². The maximum Gasteiger partial charge on any atom is 0.225 e. The van der Waals surface area contributed by atoms with Crippen molar-refractivity contribution in [2.45, 2.75) is 45.1 Å². The van der Waals surface area contributed by atoms with Gasteiger partial charge in [0.25, 0.3) is 0 Å². The summed E-state index contributed by atoms with van der Waals surface area (Å²) in [4.78, 5) is 11.0. The Morgan fingerprint density at radius 1 is 1.35 bits per heavy atom. The van der Waals surface area contributed by atoms with Crippen LogP contribution in [-0.2, 0) is 4.74 Å². The van der Waals surface area contributed by atoms with Gasteiger partial charge in [0.15, 0.2) is 0 Å². The molecule has 2 heterocycles. The highest BCUT2D eigenvalue weighted by Gasteiger charge is 2.31. The van der Waals surface area contributed by atoms with E-state index in [-0.39, 0.29) is 0 Å². The molecule has 1 aromatic rings. The molecule has 20 heavy (non-hydrogen) atoms. The fourth-order valence-electron chi connectivity index (χ4n) is 2.46. The maximum atomic E-state index is 10.6. The molecule has 0 saturated carbocycles. The number of hydrogen-bond donors (Lipinski definition) is 1. The van der Waals surface area contributed by atoms with Crippen LogP contribution in [0.25, 0.3) is 0 Å². The van der Waals surface area contributed by atoms with E-state index in [0.29, 0.717) is 44.5 Å². The molecule has 1 aromatic heterocycles. The Morgan fingerprint density at radius 2 is 2.00 bits per heavy atom. The first-order valence-corrected chi connectivity index (χ1v) is 7.26. The zero-order chi connectivity index (χ0) is 14.8. The van der Waals surface area contributed by atoms with E-state index in [1.54, 1.807) is 0 Å². The number of aromatic nitrogens is 2. The van der Waals surface area contributed by atoms with Crippen molar-refractivity contribution < 1.29 is 9.84 Å². The lowest BCUT2D eigenvalue weighted by molar-refractivity contribution is -0.0574. The Hall–Kier alpha value is -1.20. The molecule has 1 saturated heterocycles. The molecule has 1 N–H and O–H groups in total. The van der Waals surface area contributed by atoms with E-state index >= 15 is 0 Å². The van der Waals surface area contributed by atoms with E-state index in [0.717, 1.165) is 11.4 Å². The van der Waals surface area contributed by atoms with Gasteiger partial charge in [-0.2, -0.15) is 0 Å². The molecule has 112 valence electrons. The summed E-state index contributed by atoms with van der Waals surface area (Å²) < 4.78 is 5.31. The van der Waals surface area contributed by atoms with Crippen LogP contribution in [0, 0.1) is 6.92 Å². The van der Waals surface area contributed by atoms with Crippen LogP contribution >= 0.6 is 0 Å². The summed E-state index contributed by atoms with van der Waals surface area (Å²) in [6.45, 7) is 8.01. The number of rotatable bonds is 4. The molecule has 0 bridgehead atoms. The Labute approximate surface area is 121 Å². The van der Waals surface area contributed by atoms with Crippen LogP contribution in [0.2, 0.25) is 0 Å². The lowest BCUT2D eigenvalue weighted by Gasteiger charge is -2.35. The van der Waals surface area contributed by atoms with E-state index in [1.807, 2.05) is 24.9 Å². The first kappa shape index (κ1) is 15.2. The van der Waals surface area contributed by atoms with Gasteiger partial charge in [0.1, 0.15) is 0 Å². The number of anilines is 1. The minimum absolute atomic E-state index is 0.370. The normalized spacial score (nSPS) is 18.3. The van der Waals surface area contributed by atoms with E-state index in [1.165, 1.54) is 0 Å². The molecule has 0 aliphatic carbocycles. The fourth-order valence-corrected chi connectivity index (χ4v) is 2.46. The van der Waals surface area contributed by atoms with Gasteiger partial charge in [-0.25, -0.2) is 9.97 Å². The van der Waals surface area contributed by atoms with Crippen LogP contribution in [0.1, 0.15) is 44.0 Å². The summed E-state index contributed by atoms with van der Waals surface area (Å²) in [5, 5.41) is 10.6. The molecule has 5 nitrogen and oxygen atoms in total. The summed E-state index contributed by atoms with van der Waals surface area (Å²) in [5.41, 5.74) is 1.31. The monoisotopic (exact) mass is 279 g/mol. The zero-order valence-electron chi connectivity index (χ0n) is 12.9. The second-order valence-corrected chi connectivity index (χ2v) is 6.08. The molecule has 0 aromatic carbocycles. The van der Waals surface area contributed by atoms with Crippen molar-refractivity contribution in [3.63, 3.8) is 0 Å². The van der Waals surface area contributed by atoms with Gasteiger partial charge in [0.05, 0.1) is 5.60 Å². The van der Waals surface area contributed by atoms with Crippen molar-refractivity contribution in [1.82, 2.24) is 9.97 Å². The van der Waals surface area contributed by atoms with Crippen molar-refractivity contribution in [2.75, 3.05) is 31.7 Å². The SMILES string of the molecule is Cc1cc(C(C)C)nc(N(C)CC2(O)CCOCC2)n1. The Morgan fingerprint density at radius 3 is 2.60 bits per heavy atom. The van der Waals surface area contributed by atoms with Crippen LogP contribution in [0.3, 0.4) is 0 Å². The zero-order valence-corrected chi connectivity index (χ0v) is 12.9. The molecule has 0 amide bonds. The van der Waals surface area contributed by atoms with Crippen LogP contribution in [0.5, 0.6) is 0 Å². The van der Waals surface area contributed by atoms with Crippen molar-refractivity contribution in [3.8, 4) is 0 Å². The van der Waals surface area contributed by atoms with Gasteiger partial charge >= 0.3 is 0 Å². The second kappa shape index (κ2) is 6.06. The van der Waals surface area contributed by atoms with Crippen molar-refractivity contribution in [1.29, 1.82) is 0 Å². The lowest BCUT2D eigenvalue weighted by atomic mass is 9.94. The van der Waals surface area contributed by atoms with E-state index in [4.69, 9.17) is 4.74 Å². The van der Waals surface area contributed by atoms with E-state index in [9.17, 15) is 5.11 Å². The van der Waals surface area contributed by atoms with Gasteiger partial charge in [-0.3, -0.25) is 0 Å². The Bertz CT molecular complexity index is 456. The van der Waals surface area contributed by atoms with Gasteiger partial charge in [-0.1, -0.05) is 13.8 Å². The number of ether oxygens (including phenoxy) is 1. The molecule has 5 heteroatoms. The molecule has 0 spiro atoms. The molecule has 1 aliphatic heterocycles. The summed E-state index contributed by atoms with van der Waals surface area (Å²) in [5.74, 6) is 1.06. The van der Waals surface area contributed by atoms with Gasteiger partial charge in [-0.05, 0) is 18.9 Å². The predicted molar refractivity (Wildman–Crippen MR) is 79.1 cm³/mol. The Kier molecular flexibility index (Phi) is 4.60.